The van der Waals surface area contributed by atoms with Crippen molar-refractivity contribution in [3.63, 3.8) is 0 Å². The summed E-state index contributed by atoms with van der Waals surface area (Å²) in [6.45, 7) is 8.46. The minimum absolute atomic E-state index is 0. The van der Waals surface area contributed by atoms with Crippen LogP contribution in [0, 0.1) is 5.92 Å². The third kappa shape index (κ3) is 4.20. The highest BCUT2D eigenvalue weighted by molar-refractivity contribution is 7.91. The summed E-state index contributed by atoms with van der Waals surface area (Å²) < 4.78 is 27.4. The first kappa shape index (κ1) is 18.9. The maximum Gasteiger partial charge on any atom is 0.252 e. The first-order valence-corrected chi connectivity index (χ1v) is 9.26. The molecule has 1 aliphatic rings. The van der Waals surface area contributed by atoms with Gasteiger partial charge in [-0.1, -0.05) is 20.8 Å². The number of nitrogens with one attached hydrogen (secondary N) is 1. The molecule has 7 heteroatoms. The molecule has 0 bridgehead atoms. The zero-order valence-electron chi connectivity index (χ0n) is 13.0. The van der Waals surface area contributed by atoms with Crippen molar-refractivity contribution in [3.05, 3.63) is 17.0 Å². The molecule has 1 fully saturated rings. The zero-order chi connectivity index (χ0) is 15.0. The average molecular weight is 353 g/mol. The van der Waals surface area contributed by atoms with Crippen LogP contribution in [0.2, 0.25) is 0 Å². The molecule has 0 aliphatic carbocycles. The number of hydrogen-bond acceptors (Lipinski definition) is 4. The molecular formula is C14H25ClN2O2S2. The van der Waals surface area contributed by atoms with Gasteiger partial charge in [-0.25, -0.2) is 8.42 Å². The van der Waals surface area contributed by atoms with Gasteiger partial charge >= 0.3 is 0 Å². The van der Waals surface area contributed by atoms with Gasteiger partial charge in [0.1, 0.15) is 4.21 Å². The van der Waals surface area contributed by atoms with Crippen LogP contribution in [-0.2, 0) is 15.4 Å². The van der Waals surface area contributed by atoms with E-state index in [-0.39, 0.29) is 17.8 Å². The Morgan fingerprint density at radius 2 is 2.05 bits per heavy atom. The van der Waals surface area contributed by atoms with Crippen LogP contribution < -0.4 is 5.32 Å². The van der Waals surface area contributed by atoms with Crippen LogP contribution in [0.4, 0.5) is 0 Å². The largest absolute Gasteiger partial charge is 0.319 e. The summed E-state index contributed by atoms with van der Waals surface area (Å²) in [6, 6.07) is 3.70. The van der Waals surface area contributed by atoms with E-state index in [2.05, 4.69) is 26.1 Å². The summed E-state index contributed by atoms with van der Waals surface area (Å²) in [4.78, 5) is 1.11. The highest BCUT2D eigenvalue weighted by atomic mass is 35.5. The first-order valence-electron chi connectivity index (χ1n) is 7.00. The number of nitrogens with zero attached hydrogens (tertiary/aromatic N) is 1. The molecule has 2 rings (SSSR count). The molecule has 21 heavy (non-hydrogen) atoms. The molecule has 1 saturated heterocycles. The topological polar surface area (TPSA) is 49.4 Å². The van der Waals surface area contributed by atoms with E-state index < -0.39 is 10.0 Å². The molecule has 1 atom stereocenters. The van der Waals surface area contributed by atoms with E-state index in [0.717, 1.165) is 17.8 Å². The quantitative estimate of drug-likeness (QED) is 0.906. The molecule has 1 aliphatic heterocycles. The molecule has 0 amide bonds. The van der Waals surface area contributed by atoms with E-state index >= 15 is 0 Å². The van der Waals surface area contributed by atoms with Crippen molar-refractivity contribution in [1.82, 2.24) is 9.62 Å². The number of thiophene rings is 1. The van der Waals surface area contributed by atoms with Crippen LogP contribution >= 0.6 is 23.7 Å². The summed E-state index contributed by atoms with van der Waals surface area (Å²) in [7, 11) is -1.40. The zero-order valence-corrected chi connectivity index (χ0v) is 15.5. The Kier molecular flexibility index (Phi) is 6.27. The molecule has 1 aromatic rings. The van der Waals surface area contributed by atoms with Crippen molar-refractivity contribution < 1.29 is 8.42 Å². The minimum atomic E-state index is -3.31. The van der Waals surface area contributed by atoms with Crippen molar-refractivity contribution in [3.8, 4) is 0 Å². The van der Waals surface area contributed by atoms with E-state index in [1.807, 2.05) is 13.1 Å². The van der Waals surface area contributed by atoms with Gasteiger partial charge in [-0.15, -0.1) is 23.7 Å². The van der Waals surface area contributed by atoms with E-state index in [9.17, 15) is 8.42 Å². The summed E-state index contributed by atoms with van der Waals surface area (Å²) >= 11 is 1.40. The lowest BCUT2D eigenvalue weighted by Gasteiger charge is -2.17. The lowest BCUT2D eigenvalue weighted by Crippen LogP contribution is -2.30. The molecule has 0 saturated carbocycles. The Balaban J connectivity index is 0.00000220. The highest BCUT2D eigenvalue weighted by Gasteiger charge is 2.33. The lowest BCUT2D eigenvalue weighted by molar-refractivity contribution is 0.452. The third-order valence-corrected chi connectivity index (χ3v) is 7.50. The standard InChI is InChI=1S/C14H24N2O2S2.ClH/c1-14(2,3)12-5-6-13(19-12)20(17,18)16-8-7-11(10-16)9-15-4;/h5-6,11,15H,7-10H2,1-4H3;1H. The van der Waals surface area contributed by atoms with Crippen LogP contribution in [0.3, 0.4) is 0 Å². The molecule has 1 N–H and O–H groups in total. The summed E-state index contributed by atoms with van der Waals surface area (Å²) in [5.41, 5.74) is -0.00187. The van der Waals surface area contributed by atoms with E-state index in [4.69, 9.17) is 0 Å². The smallest absolute Gasteiger partial charge is 0.252 e. The number of halogens is 1. The second-order valence-electron chi connectivity index (χ2n) is 6.44. The molecule has 0 radical (unpaired) electrons. The number of rotatable bonds is 4. The van der Waals surface area contributed by atoms with Gasteiger partial charge in [0.25, 0.3) is 10.0 Å². The highest BCUT2D eigenvalue weighted by Crippen LogP contribution is 2.34. The van der Waals surface area contributed by atoms with Crippen LogP contribution in [0.15, 0.2) is 16.3 Å². The Bertz CT molecular complexity index is 564. The van der Waals surface area contributed by atoms with Gasteiger partial charge < -0.3 is 5.32 Å². The summed E-state index contributed by atoms with van der Waals surface area (Å²) in [5, 5.41) is 3.13. The fourth-order valence-electron chi connectivity index (χ4n) is 2.46. The Morgan fingerprint density at radius 3 is 2.57 bits per heavy atom. The van der Waals surface area contributed by atoms with Crippen LogP contribution in [-0.4, -0.2) is 39.4 Å². The van der Waals surface area contributed by atoms with Crippen molar-refractivity contribution >= 4 is 33.8 Å². The molecule has 0 spiro atoms. The van der Waals surface area contributed by atoms with Crippen molar-refractivity contribution in [2.24, 2.45) is 5.92 Å². The Labute approximate surface area is 138 Å². The monoisotopic (exact) mass is 352 g/mol. The first-order chi connectivity index (χ1) is 9.25. The predicted octanol–water partition coefficient (Wildman–Crippen LogP) is 2.70. The molecule has 1 aromatic heterocycles. The van der Waals surface area contributed by atoms with Gasteiger partial charge in [0, 0.05) is 18.0 Å². The van der Waals surface area contributed by atoms with Crippen LogP contribution in [0.1, 0.15) is 32.1 Å². The SMILES string of the molecule is CNCC1CCN(S(=O)(=O)c2ccc(C(C)(C)C)s2)C1.Cl. The molecule has 1 unspecified atom stereocenters. The van der Waals surface area contributed by atoms with Crippen molar-refractivity contribution in [2.75, 3.05) is 26.7 Å². The predicted molar refractivity (Wildman–Crippen MR) is 91.1 cm³/mol. The van der Waals surface area contributed by atoms with E-state index in [0.29, 0.717) is 23.2 Å². The van der Waals surface area contributed by atoms with Crippen LogP contribution in [0.25, 0.3) is 0 Å². The number of sulfonamides is 1. The maximum absolute atomic E-state index is 12.6. The Hall–Kier alpha value is -0.140. The minimum Gasteiger partial charge on any atom is -0.319 e. The lowest BCUT2D eigenvalue weighted by atomic mass is 9.95. The van der Waals surface area contributed by atoms with Crippen molar-refractivity contribution in [1.29, 1.82) is 0 Å². The second-order valence-corrected chi connectivity index (χ2v) is 9.69. The molecule has 2 heterocycles. The fourth-order valence-corrected chi connectivity index (χ4v) is 5.51. The molecule has 4 nitrogen and oxygen atoms in total. The second kappa shape index (κ2) is 6.96. The molecule has 122 valence electrons. The fraction of sp³-hybridized carbons (Fsp3) is 0.714. The Morgan fingerprint density at radius 1 is 1.38 bits per heavy atom. The van der Waals surface area contributed by atoms with Gasteiger partial charge in [0.15, 0.2) is 0 Å². The van der Waals surface area contributed by atoms with Gasteiger partial charge in [0.05, 0.1) is 0 Å². The van der Waals surface area contributed by atoms with Crippen molar-refractivity contribution in [2.45, 2.75) is 36.8 Å². The van der Waals surface area contributed by atoms with Crippen LogP contribution in [0.5, 0.6) is 0 Å². The summed E-state index contributed by atoms with van der Waals surface area (Å²) in [6.07, 6.45) is 0.942. The van der Waals surface area contributed by atoms with E-state index in [1.54, 1.807) is 10.4 Å². The molecular weight excluding hydrogens is 328 g/mol. The maximum atomic E-state index is 12.6. The van der Waals surface area contributed by atoms with E-state index in [1.165, 1.54) is 11.3 Å². The van der Waals surface area contributed by atoms with Gasteiger partial charge in [-0.2, -0.15) is 4.31 Å². The van der Waals surface area contributed by atoms with Gasteiger partial charge in [-0.05, 0) is 43.5 Å². The molecule has 0 aromatic carbocycles. The average Bonchev–Trinajstić information content (AvgIpc) is 2.97. The summed E-state index contributed by atoms with van der Waals surface area (Å²) in [5.74, 6) is 0.428. The van der Waals surface area contributed by atoms with Gasteiger partial charge in [-0.3, -0.25) is 0 Å². The number of hydrogen-bond donors (Lipinski definition) is 1. The van der Waals surface area contributed by atoms with Gasteiger partial charge in [0.2, 0.25) is 0 Å². The normalized spacial score (nSPS) is 20.5. The third-order valence-electron chi connectivity index (χ3n) is 3.66.